The summed E-state index contributed by atoms with van der Waals surface area (Å²) < 4.78 is 4.90. The Morgan fingerprint density at radius 1 is 1.21 bits per heavy atom. The van der Waals surface area contributed by atoms with E-state index in [1.165, 1.54) is 26.2 Å². The van der Waals surface area contributed by atoms with E-state index in [2.05, 4.69) is 6.92 Å². The van der Waals surface area contributed by atoms with Gasteiger partial charge in [-0.1, -0.05) is 26.2 Å². The maximum Gasteiger partial charge on any atom is 0.374 e. The molecule has 0 aliphatic rings. The van der Waals surface area contributed by atoms with Crippen LogP contribution in [0.15, 0.2) is 0 Å². The van der Waals surface area contributed by atoms with Crippen LogP contribution in [0, 0.1) is 0 Å². The van der Waals surface area contributed by atoms with Crippen LogP contribution in [0.5, 0.6) is 0 Å². The van der Waals surface area contributed by atoms with E-state index in [1.807, 2.05) is 6.92 Å². The SMILES string of the molecule is CCCCCC[C@H](C)OC(=O)C(C)=O. The quantitative estimate of drug-likeness (QED) is 0.360. The molecule has 0 aromatic rings. The van der Waals surface area contributed by atoms with Gasteiger partial charge in [-0.2, -0.15) is 0 Å². The van der Waals surface area contributed by atoms with Gasteiger partial charge in [0.05, 0.1) is 6.10 Å². The van der Waals surface area contributed by atoms with Gasteiger partial charge in [-0.15, -0.1) is 0 Å². The number of rotatable bonds is 7. The summed E-state index contributed by atoms with van der Waals surface area (Å²) in [6.45, 7) is 5.21. The van der Waals surface area contributed by atoms with Crippen LogP contribution in [0.4, 0.5) is 0 Å². The third kappa shape index (κ3) is 6.63. The summed E-state index contributed by atoms with van der Waals surface area (Å²) in [5.41, 5.74) is 0. The Morgan fingerprint density at radius 3 is 2.36 bits per heavy atom. The van der Waals surface area contributed by atoms with E-state index in [1.54, 1.807) is 0 Å². The number of ketones is 1. The number of Topliss-reactive ketones (excluding diaryl/α,β-unsaturated/α-hetero) is 1. The predicted octanol–water partition coefficient (Wildman–Crippen LogP) is 2.48. The molecule has 82 valence electrons. The Hall–Kier alpha value is -0.860. The molecule has 0 unspecified atom stereocenters. The lowest BCUT2D eigenvalue weighted by Gasteiger charge is -2.11. The fraction of sp³-hybridized carbons (Fsp3) is 0.818. The Balaban J connectivity index is 3.50. The number of unbranched alkanes of at least 4 members (excludes halogenated alkanes) is 3. The molecular weight excluding hydrogens is 180 g/mol. The second kappa shape index (κ2) is 7.54. The molecular formula is C11H20O3. The van der Waals surface area contributed by atoms with Crippen LogP contribution in [0.1, 0.15) is 52.9 Å². The highest BCUT2D eigenvalue weighted by Crippen LogP contribution is 2.07. The average Bonchev–Trinajstić information content (AvgIpc) is 2.12. The van der Waals surface area contributed by atoms with E-state index in [-0.39, 0.29) is 6.10 Å². The van der Waals surface area contributed by atoms with Crippen molar-refractivity contribution < 1.29 is 14.3 Å². The topological polar surface area (TPSA) is 43.4 Å². The number of carbonyl (C=O) groups excluding carboxylic acids is 2. The standard InChI is InChI=1S/C11H20O3/c1-4-5-6-7-8-9(2)14-11(13)10(3)12/h9H,4-8H2,1-3H3/t9-/m0/s1. The van der Waals surface area contributed by atoms with Gasteiger partial charge in [0.15, 0.2) is 0 Å². The minimum atomic E-state index is -0.715. The van der Waals surface area contributed by atoms with Crippen molar-refractivity contribution in [1.29, 1.82) is 0 Å². The van der Waals surface area contributed by atoms with E-state index in [0.717, 1.165) is 12.8 Å². The summed E-state index contributed by atoms with van der Waals surface area (Å²) >= 11 is 0. The molecule has 0 N–H and O–H groups in total. The van der Waals surface area contributed by atoms with Gasteiger partial charge in [-0.3, -0.25) is 4.79 Å². The fourth-order valence-electron chi connectivity index (χ4n) is 1.18. The lowest BCUT2D eigenvalue weighted by molar-refractivity contribution is -0.156. The third-order valence-electron chi connectivity index (χ3n) is 2.06. The first-order chi connectivity index (χ1) is 6.57. The molecule has 0 saturated heterocycles. The Bertz CT molecular complexity index is 187. The van der Waals surface area contributed by atoms with E-state index in [9.17, 15) is 9.59 Å². The minimum absolute atomic E-state index is 0.136. The highest BCUT2D eigenvalue weighted by atomic mass is 16.5. The number of hydrogen-bond acceptors (Lipinski definition) is 3. The summed E-state index contributed by atoms with van der Waals surface area (Å²) in [5.74, 6) is -1.24. The predicted molar refractivity (Wildman–Crippen MR) is 55.0 cm³/mol. The minimum Gasteiger partial charge on any atom is -0.457 e. The zero-order valence-corrected chi connectivity index (χ0v) is 9.34. The summed E-state index contributed by atoms with van der Waals surface area (Å²) in [5, 5.41) is 0. The van der Waals surface area contributed by atoms with Crippen molar-refractivity contribution >= 4 is 11.8 Å². The first kappa shape index (κ1) is 13.1. The molecule has 0 fully saturated rings. The van der Waals surface area contributed by atoms with Crippen molar-refractivity contribution in [2.75, 3.05) is 0 Å². The van der Waals surface area contributed by atoms with Crippen LogP contribution in [0.2, 0.25) is 0 Å². The van der Waals surface area contributed by atoms with E-state index < -0.39 is 11.8 Å². The first-order valence-electron chi connectivity index (χ1n) is 5.29. The smallest absolute Gasteiger partial charge is 0.374 e. The van der Waals surface area contributed by atoms with Crippen molar-refractivity contribution in [2.24, 2.45) is 0 Å². The number of esters is 1. The van der Waals surface area contributed by atoms with Gasteiger partial charge in [0.1, 0.15) is 0 Å². The van der Waals surface area contributed by atoms with Crippen LogP contribution in [0.3, 0.4) is 0 Å². The average molecular weight is 200 g/mol. The zero-order chi connectivity index (χ0) is 11.0. The molecule has 3 nitrogen and oxygen atoms in total. The molecule has 0 aliphatic carbocycles. The largest absolute Gasteiger partial charge is 0.457 e. The van der Waals surface area contributed by atoms with Crippen molar-refractivity contribution in [3.8, 4) is 0 Å². The second-order valence-corrected chi connectivity index (χ2v) is 3.62. The number of carbonyl (C=O) groups is 2. The first-order valence-corrected chi connectivity index (χ1v) is 5.29. The number of ether oxygens (including phenoxy) is 1. The van der Waals surface area contributed by atoms with Crippen molar-refractivity contribution in [3.63, 3.8) is 0 Å². The molecule has 0 amide bonds. The maximum absolute atomic E-state index is 10.9. The van der Waals surface area contributed by atoms with Gasteiger partial charge in [0.2, 0.25) is 5.78 Å². The van der Waals surface area contributed by atoms with Crippen molar-refractivity contribution in [3.05, 3.63) is 0 Å². The van der Waals surface area contributed by atoms with Crippen LogP contribution in [0.25, 0.3) is 0 Å². The van der Waals surface area contributed by atoms with E-state index in [0.29, 0.717) is 0 Å². The molecule has 0 radical (unpaired) electrons. The fourth-order valence-corrected chi connectivity index (χ4v) is 1.18. The summed E-state index contributed by atoms with van der Waals surface area (Å²) in [6.07, 6.45) is 5.34. The highest BCUT2D eigenvalue weighted by molar-refractivity contribution is 6.32. The van der Waals surface area contributed by atoms with Gasteiger partial charge in [0.25, 0.3) is 0 Å². The lowest BCUT2D eigenvalue weighted by Crippen LogP contribution is -2.20. The Kier molecular flexibility index (Phi) is 7.07. The van der Waals surface area contributed by atoms with Gasteiger partial charge >= 0.3 is 5.97 Å². The van der Waals surface area contributed by atoms with Crippen LogP contribution in [-0.4, -0.2) is 17.9 Å². The van der Waals surface area contributed by atoms with Gasteiger partial charge in [-0.05, 0) is 19.8 Å². The van der Waals surface area contributed by atoms with Gasteiger partial charge in [-0.25, -0.2) is 4.79 Å². The zero-order valence-electron chi connectivity index (χ0n) is 9.34. The Labute approximate surface area is 85.8 Å². The second-order valence-electron chi connectivity index (χ2n) is 3.62. The molecule has 0 rings (SSSR count). The van der Waals surface area contributed by atoms with Gasteiger partial charge < -0.3 is 4.74 Å². The summed E-state index contributed by atoms with van der Waals surface area (Å²) in [6, 6.07) is 0. The van der Waals surface area contributed by atoms with Gasteiger partial charge in [0, 0.05) is 6.92 Å². The molecule has 14 heavy (non-hydrogen) atoms. The monoisotopic (exact) mass is 200 g/mol. The molecule has 0 heterocycles. The molecule has 0 spiro atoms. The Morgan fingerprint density at radius 2 is 1.86 bits per heavy atom. The van der Waals surface area contributed by atoms with Crippen LogP contribution < -0.4 is 0 Å². The summed E-state index contributed by atoms with van der Waals surface area (Å²) in [7, 11) is 0. The molecule has 0 aromatic heterocycles. The normalized spacial score (nSPS) is 12.2. The van der Waals surface area contributed by atoms with Crippen LogP contribution >= 0.6 is 0 Å². The van der Waals surface area contributed by atoms with E-state index >= 15 is 0 Å². The number of hydrogen-bond donors (Lipinski definition) is 0. The molecule has 1 atom stereocenters. The third-order valence-corrected chi connectivity index (χ3v) is 2.06. The molecule has 0 saturated carbocycles. The maximum atomic E-state index is 10.9. The molecule has 0 aromatic carbocycles. The summed E-state index contributed by atoms with van der Waals surface area (Å²) in [4.78, 5) is 21.5. The lowest BCUT2D eigenvalue weighted by atomic mass is 10.1. The van der Waals surface area contributed by atoms with Crippen molar-refractivity contribution in [1.82, 2.24) is 0 Å². The molecule has 3 heteroatoms. The van der Waals surface area contributed by atoms with E-state index in [4.69, 9.17) is 4.74 Å². The highest BCUT2D eigenvalue weighted by Gasteiger charge is 2.12. The molecule has 0 bridgehead atoms. The van der Waals surface area contributed by atoms with Crippen LogP contribution in [-0.2, 0) is 14.3 Å². The molecule has 0 aliphatic heterocycles. The van der Waals surface area contributed by atoms with Crippen molar-refractivity contribution in [2.45, 2.75) is 59.0 Å².